The normalized spacial score (nSPS) is 26.1. The minimum Gasteiger partial charge on any atom is -0.508 e. The number of ether oxygens (including phenoxy) is 1. The van der Waals surface area contributed by atoms with Crippen molar-refractivity contribution in [2.45, 2.75) is 70.1 Å². The van der Waals surface area contributed by atoms with Gasteiger partial charge in [0.2, 0.25) is 0 Å². The average molecular weight is 550 g/mol. The lowest BCUT2D eigenvalue weighted by Crippen LogP contribution is -2.61. The molecule has 2 bridgehead atoms. The van der Waals surface area contributed by atoms with Gasteiger partial charge in [-0.15, -0.1) is 0 Å². The number of aromatic hydroxyl groups is 1. The number of piperazine rings is 1. The van der Waals surface area contributed by atoms with Crippen molar-refractivity contribution in [3.63, 3.8) is 0 Å². The third-order valence-corrected chi connectivity index (χ3v) is 9.25. The summed E-state index contributed by atoms with van der Waals surface area (Å²) in [7, 11) is 0. The fraction of sp³-hybridized carbons (Fsp3) is 0.548. The van der Waals surface area contributed by atoms with Crippen molar-refractivity contribution in [2.24, 2.45) is 0 Å². The highest BCUT2D eigenvalue weighted by Crippen LogP contribution is 2.40. The van der Waals surface area contributed by atoms with Crippen LogP contribution >= 0.6 is 0 Å². The van der Waals surface area contributed by atoms with E-state index in [-0.39, 0.29) is 30.2 Å². The molecule has 1 aromatic heterocycles. The van der Waals surface area contributed by atoms with Crippen molar-refractivity contribution < 1.29 is 18.3 Å². The summed E-state index contributed by atoms with van der Waals surface area (Å²) in [5.74, 6) is 0.809. The number of fused-ring (bicyclic) bond motifs is 5. The van der Waals surface area contributed by atoms with Crippen molar-refractivity contribution in [1.82, 2.24) is 20.2 Å². The number of hydrogen-bond donors (Lipinski definition) is 2. The lowest BCUT2D eigenvalue weighted by atomic mass is 9.92. The SMILES string of the molecule is [2H]C([2H])([2H])N1CCC[C@H]1COc1nc2c(c(N3CC4CCC3CN4)n1)CCN(c1cc(O)cc3ccc(F)c(CC)c13)C2. The van der Waals surface area contributed by atoms with E-state index in [1.165, 1.54) is 6.07 Å². The summed E-state index contributed by atoms with van der Waals surface area (Å²) in [5.41, 5.74) is 3.39. The van der Waals surface area contributed by atoms with E-state index < -0.39 is 6.98 Å². The highest BCUT2D eigenvalue weighted by Gasteiger charge is 2.37. The van der Waals surface area contributed by atoms with E-state index in [4.69, 9.17) is 18.8 Å². The van der Waals surface area contributed by atoms with Crippen molar-refractivity contribution in [2.75, 3.05) is 49.6 Å². The van der Waals surface area contributed by atoms with E-state index in [9.17, 15) is 9.50 Å². The highest BCUT2D eigenvalue weighted by molar-refractivity contribution is 5.98. The van der Waals surface area contributed by atoms with Crippen LogP contribution in [0.3, 0.4) is 0 Å². The van der Waals surface area contributed by atoms with Gasteiger partial charge in [-0.2, -0.15) is 9.97 Å². The monoisotopic (exact) mass is 549 g/mol. The van der Waals surface area contributed by atoms with Crippen LogP contribution in [0, 0.1) is 5.82 Å². The van der Waals surface area contributed by atoms with Gasteiger partial charge in [0.15, 0.2) is 0 Å². The van der Waals surface area contributed by atoms with Gasteiger partial charge in [0.1, 0.15) is 24.0 Å². The molecule has 0 aliphatic carbocycles. The average Bonchev–Trinajstić information content (AvgIpc) is 3.49. The molecule has 0 spiro atoms. The van der Waals surface area contributed by atoms with Crippen molar-refractivity contribution >= 4 is 22.3 Å². The predicted molar refractivity (Wildman–Crippen MR) is 155 cm³/mol. The van der Waals surface area contributed by atoms with Crippen molar-refractivity contribution in [1.29, 1.82) is 0 Å². The molecular formula is C31H39FN6O2. The topological polar surface area (TPSA) is 77.0 Å². The smallest absolute Gasteiger partial charge is 0.318 e. The number of aromatic nitrogens is 2. The van der Waals surface area contributed by atoms with Gasteiger partial charge in [0.05, 0.1) is 12.2 Å². The molecule has 4 saturated heterocycles. The first kappa shape index (κ1) is 22.5. The van der Waals surface area contributed by atoms with Crippen LogP contribution < -0.4 is 19.9 Å². The Hall–Kier alpha value is -3.17. The number of phenolic OH excluding ortho intramolecular Hbond substituents is 1. The maximum absolute atomic E-state index is 14.9. The second-order valence-corrected chi connectivity index (χ2v) is 11.7. The van der Waals surface area contributed by atoms with Gasteiger partial charge in [-0.25, -0.2) is 4.39 Å². The molecule has 3 atom stereocenters. The van der Waals surface area contributed by atoms with Crippen LogP contribution in [-0.4, -0.2) is 77.9 Å². The maximum Gasteiger partial charge on any atom is 0.318 e. The molecule has 9 heteroatoms. The Morgan fingerprint density at radius 2 is 2.12 bits per heavy atom. The third kappa shape index (κ3) is 4.53. The largest absolute Gasteiger partial charge is 0.508 e. The molecule has 8 nitrogen and oxygen atoms in total. The lowest BCUT2D eigenvalue weighted by Gasteiger charge is -2.47. The summed E-state index contributed by atoms with van der Waals surface area (Å²) in [6.07, 6.45) is 5.07. The van der Waals surface area contributed by atoms with Crippen LogP contribution in [0.1, 0.15) is 53.5 Å². The number of rotatable bonds is 6. The second-order valence-electron chi connectivity index (χ2n) is 11.7. The van der Waals surface area contributed by atoms with Gasteiger partial charge >= 0.3 is 6.01 Å². The first-order valence-electron chi connectivity index (χ1n) is 16.2. The van der Waals surface area contributed by atoms with Crippen LogP contribution in [-0.2, 0) is 19.4 Å². The predicted octanol–water partition coefficient (Wildman–Crippen LogP) is 4.01. The zero-order chi connectivity index (χ0) is 29.9. The molecular weight excluding hydrogens is 507 g/mol. The van der Waals surface area contributed by atoms with Crippen molar-refractivity contribution in [3.05, 3.63) is 46.9 Å². The Bertz CT molecular complexity index is 1530. The molecule has 5 aliphatic heterocycles. The molecule has 4 fully saturated rings. The molecule has 0 radical (unpaired) electrons. The van der Waals surface area contributed by atoms with Crippen LogP contribution in [0.2, 0.25) is 0 Å². The van der Waals surface area contributed by atoms with Gasteiger partial charge in [-0.05, 0) is 75.1 Å². The number of aryl methyl sites for hydroxylation is 1. The number of anilines is 2. The molecule has 40 heavy (non-hydrogen) atoms. The fourth-order valence-electron chi connectivity index (χ4n) is 7.12. The minimum absolute atomic E-state index is 0.140. The maximum atomic E-state index is 14.9. The van der Waals surface area contributed by atoms with E-state index in [1.807, 2.05) is 6.92 Å². The first-order chi connectivity index (χ1) is 20.7. The van der Waals surface area contributed by atoms with Crippen LogP contribution in [0.5, 0.6) is 11.8 Å². The molecule has 0 amide bonds. The van der Waals surface area contributed by atoms with E-state index in [0.29, 0.717) is 50.1 Å². The van der Waals surface area contributed by atoms with Gasteiger partial charge in [0.25, 0.3) is 0 Å². The molecule has 2 N–H and O–H groups in total. The highest BCUT2D eigenvalue weighted by atomic mass is 19.1. The number of piperidine rings is 2. The Morgan fingerprint density at radius 3 is 2.90 bits per heavy atom. The zero-order valence-electron chi connectivity index (χ0n) is 26.0. The third-order valence-electron chi connectivity index (χ3n) is 9.25. The van der Waals surface area contributed by atoms with Gasteiger partial charge in [0, 0.05) is 64.6 Å². The van der Waals surface area contributed by atoms with E-state index in [1.54, 1.807) is 23.1 Å². The number of likely N-dealkylation sites (tertiary alicyclic amines) is 1. The molecule has 2 unspecified atom stereocenters. The van der Waals surface area contributed by atoms with Crippen LogP contribution in [0.4, 0.5) is 15.9 Å². The van der Waals surface area contributed by atoms with Crippen LogP contribution in [0.15, 0.2) is 24.3 Å². The van der Waals surface area contributed by atoms with E-state index >= 15 is 0 Å². The molecule has 6 heterocycles. The molecule has 212 valence electrons. The van der Waals surface area contributed by atoms with Crippen molar-refractivity contribution in [3.8, 4) is 11.8 Å². The minimum atomic E-state index is -2.16. The number of hydrogen-bond acceptors (Lipinski definition) is 8. The summed E-state index contributed by atoms with van der Waals surface area (Å²) in [5, 5.41) is 15.9. The molecule has 2 aromatic carbocycles. The Balaban J connectivity index is 1.25. The summed E-state index contributed by atoms with van der Waals surface area (Å²) in [6, 6.07) is 7.43. The Labute approximate surface area is 239 Å². The number of likely N-dealkylation sites (N-methyl/N-ethyl adjacent to an activating group) is 1. The number of nitrogens with zero attached hydrogens (tertiary/aromatic N) is 5. The lowest BCUT2D eigenvalue weighted by molar-refractivity contribution is 0.187. The van der Waals surface area contributed by atoms with Gasteiger partial charge in [-0.1, -0.05) is 13.0 Å². The van der Waals surface area contributed by atoms with Crippen LogP contribution in [0.25, 0.3) is 10.8 Å². The number of halogens is 1. The second kappa shape index (κ2) is 10.3. The van der Waals surface area contributed by atoms with E-state index in [0.717, 1.165) is 72.3 Å². The summed E-state index contributed by atoms with van der Waals surface area (Å²) in [6.45, 7) is 3.46. The van der Waals surface area contributed by atoms with Gasteiger partial charge in [-0.3, -0.25) is 0 Å². The van der Waals surface area contributed by atoms with E-state index in [2.05, 4.69) is 15.1 Å². The molecule has 3 aromatic rings. The van der Waals surface area contributed by atoms with Gasteiger partial charge < -0.3 is 29.9 Å². The number of nitrogens with one attached hydrogen (secondary N) is 1. The number of phenols is 1. The first-order valence-corrected chi connectivity index (χ1v) is 14.7. The molecule has 8 rings (SSSR count). The number of benzene rings is 2. The quantitative estimate of drug-likeness (QED) is 0.478. The molecule has 0 saturated carbocycles. The Morgan fingerprint density at radius 1 is 1.20 bits per heavy atom. The fourth-order valence-corrected chi connectivity index (χ4v) is 7.12. The summed E-state index contributed by atoms with van der Waals surface area (Å²) >= 11 is 0. The zero-order valence-corrected chi connectivity index (χ0v) is 23.0. The Kier molecular flexibility index (Phi) is 5.82. The standard InChI is InChI=1S/C31H39FN6O2/c1-3-24-26(32)9-6-19-13-23(39)14-28(29(19)24)37-12-10-25-27(17-37)34-31(40-18-22-5-4-11-36(22)2)35-30(25)38-16-20-7-8-21(38)15-33-20/h6,9,13-14,20-22,33,39H,3-5,7-8,10-12,15-18H2,1-2H3/t20?,21?,22-/m0/s1/i2D3. The molecule has 5 aliphatic rings. The summed E-state index contributed by atoms with van der Waals surface area (Å²) in [4.78, 5) is 16.0. The summed E-state index contributed by atoms with van der Waals surface area (Å²) < 4.78 is 44.9.